The number of nitrogens with zero attached hydrogens (tertiary/aromatic N) is 4. The Labute approximate surface area is 171 Å². The van der Waals surface area contributed by atoms with Gasteiger partial charge in [0, 0.05) is 36.0 Å². The topological polar surface area (TPSA) is 66.9 Å². The van der Waals surface area contributed by atoms with Gasteiger partial charge in [-0.3, -0.25) is 4.68 Å². The minimum absolute atomic E-state index is 0.00699. The zero-order valence-electron chi connectivity index (χ0n) is 15.2. The molecule has 0 saturated carbocycles. The Balaban J connectivity index is 1.78. The molecule has 0 radical (unpaired) electrons. The van der Waals surface area contributed by atoms with Crippen LogP contribution in [0.4, 0.5) is 0 Å². The number of benzene rings is 1. The standard InChI is InChI=1S/C20H16Cl2N4O2/c1-12-10-14(17-6-8-23-25(17)2)13-4-3-5-18(19(13)24-12)28-11-15-16(21)7-9-26(27)20(15)22/h3-10H,11H2,1-2H3. The number of hydrogen-bond acceptors (Lipinski definition) is 4. The van der Waals surface area contributed by atoms with Gasteiger partial charge in [0.2, 0.25) is 0 Å². The highest BCUT2D eigenvalue weighted by atomic mass is 35.5. The largest absolute Gasteiger partial charge is 0.618 e. The molecule has 0 fully saturated rings. The van der Waals surface area contributed by atoms with Crippen LogP contribution in [0.3, 0.4) is 0 Å². The van der Waals surface area contributed by atoms with Crippen LogP contribution in [0.2, 0.25) is 10.2 Å². The molecular formula is C20H16Cl2N4O2. The van der Waals surface area contributed by atoms with E-state index in [1.54, 1.807) is 6.20 Å². The van der Waals surface area contributed by atoms with Crippen LogP contribution in [0, 0.1) is 12.1 Å². The number of ether oxygens (including phenoxy) is 1. The molecule has 0 aliphatic carbocycles. The zero-order valence-corrected chi connectivity index (χ0v) is 16.7. The van der Waals surface area contributed by atoms with Crippen LogP contribution in [-0.2, 0) is 13.7 Å². The van der Waals surface area contributed by atoms with Crippen LogP contribution in [0.25, 0.3) is 22.2 Å². The fourth-order valence-electron chi connectivity index (χ4n) is 3.13. The van der Waals surface area contributed by atoms with Gasteiger partial charge in [-0.05, 0) is 36.7 Å². The number of para-hydroxylation sites is 1. The van der Waals surface area contributed by atoms with Gasteiger partial charge in [-0.1, -0.05) is 23.7 Å². The van der Waals surface area contributed by atoms with Crippen molar-refractivity contribution in [2.24, 2.45) is 7.05 Å². The molecule has 0 amide bonds. The maximum Gasteiger partial charge on any atom is 0.294 e. The lowest BCUT2D eigenvalue weighted by Gasteiger charge is -2.13. The Bertz CT molecular complexity index is 1190. The number of rotatable bonds is 4. The number of fused-ring (bicyclic) bond motifs is 1. The molecule has 0 bridgehead atoms. The second-order valence-corrected chi connectivity index (χ2v) is 7.12. The fourth-order valence-corrected chi connectivity index (χ4v) is 3.59. The number of aromatic nitrogens is 4. The Morgan fingerprint density at radius 1 is 1.21 bits per heavy atom. The van der Waals surface area contributed by atoms with Crippen molar-refractivity contribution >= 4 is 34.1 Å². The Hall–Kier alpha value is -2.83. The van der Waals surface area contributed by atoms with Gasteiger partial charge in [0.1, 0.15) is 17.9 Å². The first-order valence-electron chi connectivity index (χ1n) is 8.53. The average molecular weight is 415 g/mol. The molecule has 6 nitrogen and oxygen atoms in total. The van der Waals surface area contributed by atoms with E-state index in [0.29, 0.717) is 21.1 Å². The zero-order chi connectivity index (χ0) is 19.8. The summed E-state index contributed by atoms with van der Waals surface area (Å²) in [6, 6.07) is 11.2. The van der Waals surface area contributed by atoms with E-state index in [9.17, 15) is 5.21 Å². The minimum Gasteiger partial charge on any atom is -0.618 e. The van der Waals surface area contributed by atoms with E-state index < -0.39 is 0 Å². The van der Waals surface area contributed by atoms with Crippen LogP contribution in [0.15, 0.2) is 48.8 Å². The predicted octanol–water partition coefficient (Wildman–Crippen LogP) is 4.46. The van der Waals surface area contributed by atoms with Gasteiger partial charge < -0.3 is 9.94 Å². The monoisotopic (exact) mass is 414 g/mol. The molecule has 0 N–H and O–H groups in total. The molecule has 4 aromatic rings. The highest BCUT2D eigenvalue weighted by molar-refractivity contribution is 6.34. The third-order valence-electron chi connectivity index (χ3n) is 4.49. The summed E-state index contributed by atoms with van der Waals surface area (Å²) in [7, 11) is 1.90. The third kappa shape index (κ3) is 3.25. The molecule has 142 valence electrons. The molecule has 1 aromatic carbocycles. The molecule has 4 rings (SSSR count). The number of hydrogen-bond donors (Lipinski definition) is 0. The summed E-state index contributed by atoms with van der Waals surface area (Å²) in [5.41, 5.74) is 4.00. The van der Waals surface area contributed by atoms with E-state index in [2.05, 4.69) is 10.1 Å². The van der Waals surface area contributed by atoms with Crippen LogP contribution in [0.5, 0.6) is 5.75 Å². The van der Waals surface area contributed by atoms with Gasteiger partial charge in [0.25, 0.3) is 5.15 Å². The van der Waals surface area contributed by atoms with Gasteiger partial charge in [0.05, 0.1) is 16.3 Å². The number of pyridine rings is 2. The second kappa shape index (κ2) is 7.30. The highest BCUT2D eigenvalue weighted by Gasteiger charge is 2.17. The smallest absolute Gasteiger partial charge is 0.294 e. The summed E-state index contributed by atoms with van der Waals surface area (Å²) in [4.78, 5) is 4.66. The van der Waals surface area contributed by atoms with Gasteiger partial charge >= 0.3 is 0 Å². The Morgan fingerprint density at radius 2 is 2.04 bits per heavy atom. The minimum atomic E-state index is -0.00699. The van der Waals surface area contributed by atoms with E-state index in [-0.39, 0.29) is 11.8 Å². The van der Waals surface area contributed by atoms with Gasteiger partial charge in [-0.25, -0.2) is 4.98 Å². The molecule has 3 heterocycles. The molecule has 0 atom stereocenters. The number of aryl methyl sites for hydroxylation is 2. The maximum atomic E-state index is 11.7. The normalized spacial score (nSPS) is 11.1. The molecule has 0 unspecified atom stereocenters. The van der Waals surface area contributed by atoms with Crippen molar-refractivity contribution in [3.05, 3.63) is 75.4 Å². The van der Waals surface area contributed by atoms with Crippen LogP contribution >= 0.6 is 23.2 Å². The third-order valence-corrected chi connectivity index (χ3v) is 5.24. The summed E-state index contributed by atoms with van der Waals surface area (Å²) in [5, 5.41) is 17.3. The molecule has 3 aromatic heterocycles. The van der Waals surface area contributed by atoms with E-state index in [0.717, 1.165) is 27.9 Å². The molecule has 0 saturated heterocycles. The van der Waals surface area contributed by atoms with E-state index in [1.165, 1.54) is 12.3 Å². The molecule has 0 aliphatic rings. The van der Waals surface area contributed by atoms with Crippen LogP contribution in [-0.4, -0.2) is 14.8 Å². The quantitative estimate of drug-likeness (QED) is 0.280. The van der Waals surface area contributed by atoms with Gasteiger partial charge in [0.15, 0.2) is 6.20 Å². The predicted molar refractivity (Wildman–Crippen MR) is 108 cm³/mol. The van der Waals surface area contributed by atoms with E-state index >= 15 is 0 Å². The lowest BCUT2D eigenvalue weighted by Crippen LogP contribution is -2.28. The summed E-state index contributed by atoms with van der Waals surface area (Å²) in [6.45, 7) is 1.98. The molecule has 28 heavy (non-hydrogen) atoms. The number of halogens is 2. The first-order valence-corrected chi connectivity index (χ1v) is 9.29. The van der Waals surface area contributed by atoms with Crippen molar-refractivity contribution in [3.63, 3.8) is 0 Å². The van der Waals surface area contributed by atoms with Crippen molar-refractivity contribution in [2.75, 3.05) is 0 Å². The van der Waals surface area contributed by atoms with Crippen molar-refractivity contribution in [3.8, 4) is 17.0 Å². The summed E-state index contributed by atoms with van der Waals surface area (Å²) in [6.07, 6.45) is 3.02. The summed E-state index contributed by atoms with van der Waals surface area (Å²) < 4.78 is 8.34. The van der Waals surface area contributed by atoms with Crippen LogP contribution in [0.1, 0.15) is 11.3 Å². The molecular weight excluding hydrogens is 399 g/mol. The van der Waals surface area contributed by atoms with Crippen LogP contribution < -0.4 is 9.47 Å². The van der Waals surface area contributed by atoms with E-state index in [1.807, 2.05) is 49.0 Å². The molecule has 0 aliphatic heterocycles. The van der Waals surface area contributed by atoms with Crippen molar-refractivity contribution in [2.45, 2.75) is 13.5 Å². The first-order chi connectivity index (χ1) is 13.5. The Kier molecular flexibility index (Phi) is 4.83. The average Bonchev–Trinajstić information content (AvgIpc) is 3.10. The molecule has 8 heteroatoms. The summed E-state index contributed by atoms with van der Waals surface area (Å²) >= 11 is 12.3. The maximum absolute atomic E-state index is 11.7. The van der Waals surface area contributed by atoms with Gasteiger partial charge in [-0.2, -0.15) is 9.83 Å². The Morgan fingerprint density at radius 3 is 2.79 bits per heavy atom. The second-order valence-electron chi connectivity index (χ2n) is 6.35. The van der Waals surface area contributed by atoms with Crippen molar-refractivity contribution in [1.29, 1.82) is 0 Å². The SMILES string of the molecule is Cc1cc(-c2ccnn2C)c2cccc(OCc3c(Cl)cc[n+]([O-])c3Cl)c2n1. The first kappa shape index (κ1) is 18.5. The highest BCUT2D eigenvalue weighted by Crippen LogP contribution is 2.33. The van der Waals surface area contributed by atoms with E-state index in [4.69, 9.17) is 27.9 Å². The van der Waals surface area contributed by atoms with Crippen molar-refractivity contribution < 1.29 is 9.47 Å². The lowest BCUT2D eigenvalue weighted by molar-refractivity contribution is -0.603. The van der Waals surface area contributed by atoms with Crippen molar-refractivity contribution in [1.82, 2.24) is 14.8 Å². The fraction of sp³-hybridized carbons (Fsp3) is 0.150. The van der Waals surface area contributed by atoms with Gasteiger partial charge in [-0.15, -0.1) is 0 Å². The summed E-state index contributed by atoms with van der Waals surface area (Å²) in [5.74, 6) is 0.582. The molecule has 0 spiro atoms. The lowest BCUT2D eigenvalue weighted by atomic mass is 10.0.